The molecule has 23 heavy (non-hydrogen) atoms. The molecule has 120 valence electrons. The minimum absolute atomic E-state index is 0.343. The number of methoxy groups -OCH3 is 2. The molecule has 2 bridgehead atoms. The molecule has 4 nitrogen and oxygen atoms in total. The SMILES string of the molecule is COc1ccc(-c2ccc(C34CCN(CC3)C4)cn2)c(OC)c1. The quantitative estimate of drug-likeness (QED) is 0.869. The highest BCUT2D eigenvalue weighted by Crippen LogP contribution is 2.43. The van der Waals surface area contributed by atoms with Crippen LogP contribution in [0.1, 0.15) is 18.4 Å². The summed E-state index contributed by atoms with van der Waals surface area (Å²) in [4.78, 5) is 7.29. The molecule has 0 amide bonds. The van der Waals surface area contributed by atoms with Crippen molar-refractivity contribution in [2.45, 2.75) is 18.3 Å². The van der Waals surface area contributed by atoms with Crippen molar-refractivity contribution in [3.63, 3.8) is 0 Å². The summed E-state index contributed by atoms with van der Waals surface area (Å²) in [6, 6.07) is 10.2. The summed E-state index contributed by atoms with van der Waals surface area (Å²) in [5.74, 6) is 1.58. The third-order valence-corrected chi connectivity index (χ3v) is 5.40. The van der Waals surface area contributed by atoms with Crippen molar-refractivity contribution in [1.29, 1.82) is 0 Å². The molecule has 1 aromatic heterocycles. The van der Waals surface area contributed by atoms with Crippen molar-refractivity contribution in [2.75, 3.05) is 33.9 Å². The van der Waals surface area contributed by atoms with E-state index >= 15 is 0 Å². The number of fused-ring (bicyclic) bond motifs is 2. The minimum atomic E-state index is 0.343. The second-order valence-electron chi connectivity index (χ2n) is 6.55. The van der Waals surface area contributed by atoms with Gasteiger partial charge < -0.3 is 14.4 Å². The van der Waals surface area contributed by atoms with Gasteiger partial charge in [0.05, 0.1) is 19.9 Å². The molecule has 2 aliphatic heterocycles. The van der Waals surface area contributed by atoms with Crippen LogP contribution >= 0.6 is 0 Å². The van der Waals surface area contributed by atoms with Crippen LogP contribution in [0.5, 0.6) is 11.5 Å². The summed E-state index contributed by atoms with van der Waals surface area (Å²) >= 11 is 0. The largest absolute Gasteiger partial charge is 0.497 e. The lowest BCUT2D eigenvalue weighted by molar-refractivity contribution is 0.364. The van der Waals surface area contributed by atoms with E-state index in [1.165, 1.54) is 38.0 Å². The van der Waals surface area contributed by atoms with Gasteiger partial charge >= 0.3 is 0 Å². The Morgan fingerprint density at radius 3 is 2.43 bits per heavy atom. The van der Waals surface area contributed by atoms with Crippen molar-refractivity contribution in [2.24, 2.45) is 0 Å². The number of hydrogen-bond acceptors (Lipinski definition) is 4. The topological polar surface area (TPSA) is 34.6 Å². The average molecular weight is 310 g/mol. The number of benzene rings is 1. The predicted octanol–water partition coefficient (Wildman–Crippen LogP) is 3.11. The van der Waals surface area contributed by atoms with Gasteiger partial charge in [-0.25, -0.2) is 0 Å². The summed E-state index contributed by atoms with van der Waals surface area (Å²) in [5, 5.41) is 0. The fraction of sp³-hybridized carbons (Fsp3) is 0.421. The molecular formula is C19H22N2O2. The molecule has 0 aliphatic carbocycles. The van der Waals surface area contributed by atoms with Crippen LogP contribution in [-0.4, -0.2) is 43.7 Å². The van der Waals surface area contributed by atoms with Crippen molar-refractivity contribution < 1.29 is 9.47 Å². The van der Waals surface area contributed by atoms with Gasteiger partial charge in [0, 0.05) is 29.8 Å². The Hall–Kier alpha value is -2.07. The van der Waals surface area contributed by atoms with Gasteiger partial charge in [0.25, 0.3) is 0 Å². The van der Waals surface area contributed by atoms with E-state index in [4.69, 9.17) is 14.5 Å². The van der Waals surface area contributed by atoms with E-state index in [2.05, 4.69) is 23.2 Å². The van der Waals surface area contributed by atoms with Gasteiger partial charge in [-0.05, 0) is 49.7 Å². The summed E-state index contributed by atoms with van der Waals surface area (Å²) in [6.45, 7) is 3.65. The van der Waals surface area contributed by atoms with Crippen molar-refractivity contribution in [3.8, 4) is 22.8 Å². The molecule has 0 unspecified atom stereocenters. The highest BCUT2D eigenvalue weighted by atomic mass is 16.5. The van der Waals surface area contributed by atoms with Crippen LogP contribution < -0.4 is 9.47 Å². The number of ether oxygens (including phenoxy) is 2. The smallest absolute Gasteiger partial charge is 0.131 e. The standard InChI is InChI=1S/C19H22N2O2/c1-22-15-4-5-16(18(11-15)23-2)17-6-3-14(12-20-17)19-7-9-21(13-19)10-8-19/h3-6,11-12H,7-10,13H2,1-2H3. The van der Waals surface area contributed by atoms with Crippen LogP contribution in [-0.2, 0) is 5.41 Å². The third kappa shape index (κ3) is 2.38. The van der Waals surface area contributed by atoms with E-state index in [-0.39, 0.29) is 0 Å². The van der Waals surface area contributed by atoms with Gasteiger partial charge in [-0.15, -0.1) is 0 Å². The Labute approximate surface area is 137 Å². The first-order valence-electron chi connectivity index (χ1n) is 8.15. The Bertz CT molecular complexity index is 704. The molecule has 2 fully saturated rings. The molecule has 3 heterocycles. The summed E-state index contributed by atoms with van der Waals surface area (Å²) < 4.78 is 10.8. The second-order valence-corrected chi connectivity index (χ2v) is 6.55. The monoisotopic (exact) mass is 310 g/mol. The molecule has 2 saturated heterocycles. The van der Waals surface area contributed by atoms with Gasteiger partial charge in [-0.1, -0.05) is 6.07 Å². The molecule has 0 spiro atoms. The first-order chi connectivity index (χ1) is 11.2. The molecule has 2 aromatic rings. The highest BCUT2D eigenvalue weighted by molar-refractivity contribution is 5.68. The Balaban J connectivity index is 1.66. The maximum Gasteiger partial charge on any atom is 0.131 e. The van der Waals surface area contributed by atoms with E-state index in [0.29, 0.717) is 5.41 Å². The Morgan fingerprint density at radius 2 is 1.87 bits per heavy atom. The third-order valence-electron chi connectivity index (χ3n) is 5.40. The molecule has 0 saturated carbocycles. The van der Waals surface area contributed by atoms with Gasteiger partial charge in [0.2, 0.25) is 0 Å². The van der Waals surface area contributed by atoms with E-state index in [9.17, 15) is 0 Å². The van der Waals surface area contributed by atoms with Crippen molar-refractivity contribution >= 4 is 0 Å². The first kappa shape index (κ1) is 14.5. The van der Waals surface area contributed by atoms with Gasteiger partial charge in [-0.2, -0.15) is 0 Å². The van der Waals surface area contributed by atoms with Crippen LogP contribution in [0.15, 0.2) is 36.5 Å². The molecule has 4 rings (SSSR count). The van der Waals surface area contributed by atoms with Crippen LogP contribution in [0.3, 0.4) is 0 Å². The highest BCUT2D eigenvalue weighted by Gasteiger charge is 2.44. The second kappa shape index (κ2) is 5.53. The lowest BCUT2D eigenvalue weighted by atomic mass is 9.78. The minimum Gasteiger partial charge on any atom is -0.497 e. The molecular weight excluding hydrogens is 288 g/mol. The lowest BCUT2D eigenvalue weighted by Crippen LogP contribution is -2.24. The number of piperidine rings is 1. The molecule has 0 atom stereocenters. The van der Waals surface area contributed by atoms with Crippen LogP contribution in [0.4, 0.5) is 0 Å². The average Bonchev–Trinajstić information content (AvgIpc) is 3.23. The summed E-state index contributed by atoms with van der Waals surface area (Å²) in [6.07, 6.45) is 4.59. The van der Waals surface area contributed by atoms with Gasteiger partial charge in [0.15, 0.2) is 0 Å². The zero-order chi connectivity index (χ0) is 15.9. The fourth-order valence-corrected chi connectivity index (χ4v) is 3.98. The van der Waals surface area contributed by atoms with Gasteiger partial charge in [-0.3, -0.25) is 4.98 Å². The normalized spacial score (nSPS) is 25.6. The van der Waals surface area contributed by atoms with Crippen molar-refractivity contribution in [1.82, 2.24) is 9.88 Å². The van der Waals surface area contributed by atoms with Crippen LogP contribution in [0.2, 0.25) is 0 Å². The van der Waals surface area contributed by atoms with E-state index in [0.717, 1.165) is 22.8 Å². The molecule has 0 radical (unpaired) electrons. The van der Waals surface area contributed by atoms with Gasteiger partial charge in [0.1, 0.15) is 11.5 Å². The van der Waals surface area contributed by atoms with E-state index in [1.807, 2.05) is 18.2 Å². The number of aromatic nitrogens is 1. The maximum atomic E-state index is 5.49. The number of pyridine rings is 1. The summed E-state index contributed by atoms with van der Waals surface area (Å²) in [7, 11) is 3.34. The Morgan fingerprint density at radius 1 is 1.04 bits per heavy atom. The molecule has 1 aromatic carbocycles. The number of nitrogens with zero attached hydrogens (tertiary/aromatic N) is 2. The zero-order valence-electron chi connectivity index (χ0n) is 13.7. The first-order valence-corrected chi connectivity index (χ1v) is 8.15. The van der Waals surface area contributed by atoms with Crippen LogP contribution in [0, 0.1) is 0 Å². The summed E-state index contributed by atoms with van der Waals surface area (Å²) in [5.41, 5.74) is 3.67. The Kier molecular flexibility index (Phi) is 3.49. The van der Waals surface area contributed by atoms with E-state index in [1.54, 1.807) is 14.2 Å². The fourth-order valence-electron chi connectivity index (χ4n) is 3.98. The predicted molar refractivity (Wildman–Crippen MR) is 90.1 cm³/mol. The number of hydrogen-bond donors (Lipinski definition) is 0. The molecule has 2 aliphatic rings. The lowest BCUT2D eigenvalue weighted by Gasteiger charge is -2.25. The zero-order valence-corrected chi connectivity index (χ0v) is 13.7. The molecule has 4 heteroatoms. The number of rotatable bonds is 4. The van der Waals surface area contributed by atoms with E-state index < -0.39 is 0 Å². The molecule has 0 N–H and O–H groups in total. The maximum absolute atomic E-state index is 5.49. The van der Waals surface area contributed by atoms with Crippen molar-refractivity contribution in [3.05, 3.63) is 42.1 Å². The van der Waals surface area contributed by atoms with Crippen LogP contribution in [0.25, 0.3) is 11.3 Å².